The predicted octanol–water partition coefficient (Wildman–Crippen LogP) is 6.05. The molecule has 0 aliphatic carbocycles. The van der Waals surface area contributed by atoms with Crippen molar-refractivity contribution >= 4 is 20.3 Å². The first-order valence-electron chi connectivity index (χ1n) is 6.78. The van der Waals surface area contributed by atoms with Crippen molar-refractivity contribution in [1.82, 2.24) is 0 Å². The molecule has 0 saturated carbocycles. The van der Waals surface area contributed by atoms with Gasteiger partial charge in [-0.25, -0.2) is 0 Å². The van der Waals surface area contributed by atoms with Crippen molar-refractivity contribution < 1.29 is 0 Å². The van der Waals surface area contributed by atoms with E-state index < -0.39 is 0 Å². The zero-order valence-corrected chi connectivity index (χ0v) is 13.8. The lowest BCUT2D eigenvalue weighted by molar-refractivity contribution is 0.671. The van der Waals surface area contributed by atoms with E-state index in [4.69, 9.17) is 0 Å². The van der Waals surface area contributed by atoms with Crippen LogP contribution >= 0.6 is 20.3 Å². The molecular weight excluding hydrogens is 243 g/mol. The maximum atomic E-state index is 3.86. The maximum absolute atomic E-state index is 3.86. The third kappa shape index (κ3) is 8.91. The van der Waals surface area contributed by atoms with Gasteiger partial charge in [0.25, 0.3) is 0 Å². The van der Waals surface area contributed by atoms with Crippen molar-refractivity contribution in [2.45, 2.75) is 52.9 Å². The zero-order chi connectivity index (χ0) is 13.1. The fourth-order valence-electron chi connectivity index (χ4n) is 1.52. The molecule has 0 aliphatic rings. The smallest absolute Gasteiger partial charge is 0.00372 e. The summed E-state index contributed by atoms with van der Waals surface area (Å²) >= 11 is 2.06. The Kier molecular flexibility index (Phi) is 11.5. The SMILES string of the molecule is C=CC(C)CS/C(CCCCCC)=C(\C)PC. The summed E-state index contributed by atoms with van der Waals surface area (Å²) in [7, 11) is 0.961. The number of unbranched alkanes of at least 4 members (excludes halogenated alkanes) is 3. The molecule has 2 atom stereocenters. The summed E-state index contributed by atoms with van der Waals surface area (Å²) < 4.78 is 0. The van der Waals surface area contributed by atoms with E-state index in [1.807, 2.05) is 0 Å². The average molecular weight is 272 g/mol. The Morgan fingerprint density at radius 2 is 2.06 bits per heavy atom. The highest BCUT2D eigenvalue weighted by Gasteiger charge is 2.05. The molecule has 0 fully saturated rings. The Labute approximate surface area is 115 Å². The van der Waals surface area contributed by atoms with Gasteiger partial charge >= 0.3 is 0 Å². The first-order chi connectivity index (χ1) is 8.15. The van der Waals surface area contributed by atoms with Crippen LogP contribution in [-0.2, 0) is 0 Å². The van der Waals surface area contributed by atoms with E-state index >= 15 is 0 Å². The minimum Gasteiger partial charge on any atom is -0.130 e. The van der Waals surface area contributed by atoms with Crippen LogP contribution in [0.15, 0.2) is 22.9 Å². The van der Waals surface area contributed by atoms with Gasteiger partial charge in [0.15, 0.2) is 0 Å². The molecule has 0 aromatic heterocycles. The first kappa shape index (κ1) is 17.3. The molecule has 0 bridgehead atoms. The lowest BCUT2D eigenvalue weighted by Gasteiger charge is -2.13. The Morgan fingerprint density at radius 1 is 1.35 bits per heavy atom. The van der Waals surface area contributed by atoms with E-state index in [9.17, 15) is 0 Å². The standard InChI is InChI=1S/C15H29PS/c1-6-8-9-10-11-15(14(4)16-5)17-12-13(3)7-2/h7,13,16H,2,6,8-12H2,1,3-5H3/b15-14+. The van der Waals surface area contributed by atoms with Gasteiger partial charge in [-0.05, 0) is 42.6 Å². The van der Waals surface area contributed by atoms with E-state index in [2.05, 4.69) is 51.9 Å². The highest BCUT2D eigenvalue weighted by Crippen LogP contribution is 2.34. The molecule has 0 amide bonds. The molecule has 0 aromatic rings. The van der Waals surface area contributed by atoms with Gasteiger partial charge in [-0.2, -0.15) is 0 Å². The third-order valence-corrected chi connectivity index (χ3v) is 5.76. The number of rotatable bonds is 10. The average Bonchev–Trinajstić information content (AvgIpc) is 2.36. The molecule has 0 N–H and O–H groups in total. The number of hydrogen-bond donors (Lipinski definition) is 0. The number of thioether (sulfide) groups is 1. The van der Waals surface area contributed by atoms with Crippen molar-refractivity contribution in [3.05, 3.63) is 22.9 Å². The van der Waals surface area contributed by atoms with Gasteiger partial charge in [-0.1, -0.05) is 47.8 Å². The number of allylic oxidation sites excluding steroid dienone is 3. The van der Waals surface area contributed by atoms with E-state index in [0.717, 1.165) is 8.58 Å². The van der Waals surface area contributed by atoms with Crippen LogP contribution in [0.4, 0.5) is 0 Å². The Bertz CT molecular complexity index is 233. The summed E-state index contributed by atoms with van der Waals surface area (Å²) in [5.41, 5.74) is 0. The van der Waals surface area contributed by atoms with Gasteiger partial charge in [0.05, 0.1) is 0 Å². The largest absolute Gasteiger partial charge is 0.130 e. The monoisotopic (exact) mass is 272 g/mol. The van der Waals surface area contributed by atoms with Crippen LogP contribution in [0.1, 0.15) is 52.9 Å². The minimum atomic E-state index is 0.624. The highest BCUT2D eigenvalue weighted by molar-refractivity contribution is 8.03. The van der Waals surface area contributed by atoms with Gasteiger partial charge in [-0.15, -0.1) is 18.3 Å². The molecule has 100 valence electrons. The summed E-state index contributed by atoms with van der Waals surface area (Å²) in [6, 6.07) is 0. The van der Waals surface area contributed by atoms with E-state index in [1.54, 1.807) is 10.2 Å². The van der Waals surface area contributed by atoms with Crippen molar-refractivity contribution in [3.8, 4) is 0 Å². The Balaban J connectivity index is 4.12. The van der Waals surface area contributed by atoms with Crippen molar-refractivity contribution in [2.24, 2.45) is 5.92 Å². The molecular formula is C15H29PS. The van der Waals surface area contributed by atoms with Crippen LogP contribution in [0.2, 0.25) is 0 Å². The Morgan fingerprint density at radius 3 is 2.59 bits per heavy atom. The lowest BCUT2D eigenvalue weighted by atomic mass is 10.1. The van der Waals surface area contributed by atoms with Gasteiger partial charge in [0, 0.05) is 5.75 Å². The summed E-state index contributed by atoms with van der Waals surface area (Å²) in [5.74, 6) is 1.81. The normalized spacial score (nSPS) is 15.1. The molecule has 0 spiro atoms. The van der Waals surface area contributed by atoms with Gasteiger partial charge in [0.2, 0.25) is 0 Å². The van der Waals surface area contributed by atoms with E-state index in [-0.39, 0.29) is 0 Å². The van der Waals surface area contributed by atoms with Gasteiger partial charge in [-0.3, -0.25) is 0 Å². The first-order valence-corrected chi connectivity index (χ1v) is 9.27. The molecule has 0 aliphatic heterocycles. The summed E-state index contributed by atoms with van der Waals surface area (Å²) in [5, 5.41) is 1.61. The van der Waals surface area contributed by atoms with Crippen LogP contribution in [-0.4, -0.2) is 12.4 Å². The second kappa shape index (κ2) is 11.4. The number of hydrogen-bond acceptors (Lipinski definition) is 1. The molecule has 17 heavy (non-hydrogen) atoms. The molecule has 0 aromatic carbocycles. The highest BCUT2D eigenvalue weighted by atomic mass is 32.2. The van der Waals surface area contributed by atoms with Crippen LogP contribution < -0.4 is 0 Å². The van der Waals surface area contributed by atoms with Crippen LogP contribution in [0.5, 0.6) is 0 Å². The van der Waals surface area contributed by atoms with E-state index in [0.29, 0.717) is 5.92 Å². The summed E-state index contributed by atoms with van der Waals surface area (Å²) in [6.45, 7) is 13.0. The molecule has 0 radical (unpaired) electrons. The molecule has 2 unspecified atom stereocenters. The van der Waals surface area contributed by atoms with Gasteiger partial charge < -0.3 is 0 Å². The van der Waals surface area contributed by atoms with Crippen molar-refractivity contribution in [3.63, 3.8) is 0 Å². The molecule has 0 saturated heterocycles. The summed E-state index contributed by atoms with van der Waals surface area (Å²) in [6.07, 6.45) is 8.81. The van der Waals surface area contributed by atoms with Gasteiger partial charge in [0.1, 0.15) is 0 Å². The second-order valence-electron chi connectivity index (χ2n) is 4.63. The molecule has 0 nitrogen and oxygen atoms in total. The fraction of sp³-hybridized carbons (Fsp3) is 0.733. The quantitative estimate of drug-likeness (QED) is 0.265. The molecule has 2 heteroatoms. The van der Waals surface area contributed by atoms with Crippen LogP contribution in [0.3, 0.4) is 0 Å². The van der Waals surface area contributed by atoms with E-state index in [1.165, 1.54) is 37.9 Å². The second-order valence-corrected chi connectivity index (χ2v) is 7.00. The third-order valence-electron chi connectivity index (χ3n) is 2.97. The fourth-order valence-corrected chi connectivity index (χ4v) is 3.55. The predicted molar refractivity (Wildman–Crippen MR) is 87.5 cm³/mol. The zero-order valence-electron chi connectivity index (χ0n) is 12.0. The lowest BCUT2D eigenvalue weighted by Crippen LogP contribution is -1.94. The van der Waals surface area contributed by atoms with Crippen molar-refractivity contribution in [2.75, 3.05) is 12.4 Å². The minimum absolute atomic E-state index is 0.624. The molecule has 0 rings (SSSR count). The van der Waals surface area contributed by atoms with Crippen molar-refractivity contribution in [1.29, 1.82) is 0 Å². The summed E-state index contributed by atoms with van der Waals surface area (Å²) in [4.78, 5) is 1.65. The topological polar surface area (TPSA) is 0 Å². The Hall–Kier alpha value is 0.260. The molecule has 0 heterocycles. The van der Waals surface area contributed by atoms with Crippen LogP contribution in [0.25, 0.3) is 0 Å². The maximum Gasteiger partial charge on any atom is 0.00372 e. The van der Waals surface area contributed by atoms with Crippen LogP contribution in [0, 0.1) is 5.92 Å².